The summed E-state index contributed by atoms with van der Waals surface area (Å²) in [6.45, 7) is 3.16. The number of halogens is 1. The van der Waals surface area contributed by atoms with Gasteiger partial charge in [-0.1, -0.05) is 41.9 Å². The van der Waals surface area contributed by atoms with E-state index in [2.05, 4.69) is 0 Å². The highest BCUT2D eigenvalue weighted by Gasteiger charge is 2.33. The second-order valence-electron chi connectivity index (χ2n) is 6.61. The van der Waals surface area contributed by atoms with Crippen molar-refractivity contribution in [2.24, 2.45) is 0 Å². The van der Waals surface area contributed by atoms with Gasteiger partial charge in [-0.2, -0.15) is 4.31 Å². The van der Waals surface area contributed by atoms with E-state index in [1.165, 1.54) is 29.6 Å². The lowest BCUT2D eigenvalue weighted by Gasteiger charge is -2.20. The van der Waals surface area contributed by atoms with E-state index in [9.17, 15) is 13.2 Å². The predicted molar refractivity (Wildman–Crippen MR) is 122 cm³/mol. The number of anilines is 1. The Morgan fingerprint density at radius 3 is 2.34 bits per heavy atom. The molecule has 0 N–H and O–H groups in total. The van der Waals surface area contributed by atoms with Crippen LogP contribution in [0, 0.1) is 6.92 Å². The highest BCUT2D eigenvalue weighted by atomic mass is 35.5. The number of rotatable bonds is 4. The summed E-state index contributed by atoms with van der Waals surface area (Å²) in [5, 5.41) is 1.96. The number of sulfonamides is 1. The number of carbonyl (C=O) groups excluding carboxylic acids is 1. The normalized spacial score (nSPS) is 11.9. The van der Waals surface area contributed by atoms with Crippen LogP contribution in [0.25, 0.3) is 26.4 Å². The maximum atomic E-state index is 12.7. The Balaban J connectivity index is 2.23. The fraction of sp³-hybridized carbons (Fsp3) is 0.150. The Morgan fingerprint density at radius 1 is 1.10 bits per heavy atom. The zero-order valence-corrected chi connectivity index (χ0v) is 19.0. The Labute approximate surface area is 181 Å². The number of amides is 1. The summed E-state index contributed by atoms with van der Waals surface area (Å²) in [5.41, 5.74) is 3.35. The fourth-order valence-electron chi connectivity index (χ4n) is 3.46. The molecule has 5 nitrogen and oxygen atoms in total. The van der Waals surface area contributed by atoms with E-state index in [4.69, 9.17) is 11.6 Å². The molecule has 0 aliphatic heterocycles. The summed E-state index contributed by atoms with van der Waals surface area (Å²) in [4.78, 5) is 14.2. The molecule has 4 rings (SSSR count). The van der Waals surface area contributed by atoms with Gasteiger partial charge in [0.25, 0.3) is 0 Å². The van der Waals surface area contributed by atoms with E-state index < -0.39 is 15.9 Å². The fourth-order valence-corrected chi connectivity index (χ4v) is 6.56. The molecule has 0 unspecified atom stereocenters. The van der Waals surface area contributed by atoms with Gasteiger partial charge in [0.15, 0.2) is 0 Å². The minimum Gasteiger partial charge on any atom is -0.289 e. The molecule has 0 aliphatic rings. The SMILES string of the molecule is CC(=O)N(c1c(-c2ccc(Cl)s2)c(-c2ccccc2)c2scc(C)n12)S(C)(=O)=O. The maximum Gasteiger partial charge on any atom is 0.240 e. The number of hydrogen-bond acceptors (Lipinski definition) is 5. The lowest BCUT2D eigenvalue weighted by molar-refractivity contribution is -0.115. The van der Waals surface area contributed by atoms with E-state index in [0.717, 1.165) is 37.1 Å². The van der Waals surface area contributed by atoms with Crippen molar-refractivity contribution in [2.75, 3.05) is 10.6 Å². The van der Waals surface area contributed by atoms with Crippen LogP contribution < -0.4 is 4.31 Å². The number of aromatic nitrogens is 1. The van der Waals surface area contributed by atoms with Crippen LogP contribution in [0.2, 0.25) is 4.34 Å². The van der Waals surface area contributed by atoms with Crippen LogP contribution in [-0.2, 0) is 14.8 Å². The van der Waals surface area contributed by atoms with Gasteiger partial charge >= 0.3 is 0 Å². The van der Waals surface area contributed by atoms with Crippen molar-refractivity contribution >= 4 is 60.9 Å². The van der Waals surface area contributed by atoms with Crippen molar-refractivity contribution in [1.82, 2.24) is 4.40 Å². The van der Waals surface area contributed by atoms with Crippen LogP contribution >= 0.6 is 34.3 Å². The highest BCUT2D eigenvalue weighted by Crippen LogP contribution is 2.49. The largest absolute Gasteiger partial charge is 0.289 e. The van der Waals surface area contributed by atoms with Crippen LogP contribution in [0.1, 0.15) is 12.6 Å². The third kappa shape index (κ3) is 3.40. The van der Waals surface area contributed by atoms with Crippen molar-refractivity contribution in [3.05, 3.63) is 57.9 Å². The number of hydrogen-bond donors (Lipinski definition) is 0. The van der Waals surface area contributed by atoms with Crippen molar-refractivity contribution in [2.45, 2.75) is 13.8 Å². The number of carbonyl (C=O) groups is 1. The van der Waals surface area contributed by atoms with Crippen molar-refractivity contribution in [3.63, 3.8) is 0 Å². The molecule has 3 aromatic heterocycles. The van der Waals surface area contributed by atoms with Gasteiger partial charge in [-0.15, -0.1) is 22.7 Å². The lowest BCUT2D eigenvalue weighted by atomic mass is 10.0. The van der Waals surface area contributed by atoms with Crippen molar-refractivity contribution in [1.29, 1.82) is 0 Å². The second-order valence-corrected chi connectivity index (χ2v) is 11.0. The zero-order valence-electron chi connectivity index (χ0n) is 15.8. The van der Waals surface area contributed by atoms with Crippen molar-refractivity contribution in [3.8, 4) is 21.6 Å². The van der Waals surface area contributed by atoms with Gasteiger partial charge in [-0.25, -0.2) is 8.42 Å². The van der Waals surface area contributed by atoms with Gasteiger partial charge in [0.1, 0.15) is 10.6 Å². The molecule has 0 atom stereocenters. The van der Waals surface area contributed by atoms with E-state index in [1.54, 1.807) is 6.07 Å². The topological polar surface area (TPSA) is 58.9 Å². The summed E-state index contributed by atoms with van der Waals surface area (Å²) < 4.78 is 28.6. The molecule has 4 aromatic rings. The Hall–Kier alpha value is -2.13. The molecule has 0 bridgehead atoms. The first-order valence-corrected chi connectivity index (χ1v) is 12.6. The van der Waals surface area contributed by atoms with Crippen LogP contribution in [0.3, 0.4) is 0 Å². The third-order valence-corrected chi connectivity index (χ3v) is 7.90. The average molecular weight is 465 g/mol. The first-order valence-electron chi connectivity index (χ1n) is 8.64. The molecule has 0 aliphatic carbocycles. The standard InChI is InChI=1S/C20H17ClN2O3S3/c1-12-11-27-20-17(14-7-5-4-6-8-14)18(15-9-10-16(21)28-15)19(22(12)20)23(13(2)24)29(3,25)26/h4-11H,1-3H3. The molecule has 9 heteroatoms. The number of benzene rings is 1. The minimum atomic E-state index is -3.86. The van der Waals surface area contributed by atoms with Crippen LogP contribution in [0.15, 0.2) is 47.8 Å². The van der Waals surface area contributed by atoms with E-state index in [1.807, 2.05) is 53.1 Å². The molecule has 0 saturated heterocycles. The molecule has 0 radical (unpaired) electrons. The number of aryl methyl sites for hydroxylation is 1. The smallest absolute Gasteiger partial charge is 0.240 e. The van der Waals surface area contributed by atoms with Gasteiger partial charge in [-0.3, -0.25) is 9.20 Å². The van der Waals surface area contributed by atoms with Crippen LogP contribution in [-0.4, -0.2) is 25.0 Å². The predicted octanol–water partition coefficient (Wildman–Crippen LogP) is 5.67. The quantitative estimate of drug-likeness (QED) is 0.391. The summed E-state index contributed by atoms with van der Waals surface area (Å²) in [7, 11) is -3.86. The monoisotopic (exact) mass is 464 g/mol. The van der Waals surface area contributed by atoms with Crippen molar-refractivity contribution < 1.29 is 13.2 Å². The lowest BCUT2D eigenvalue weighted by Crippen LogP contribution is -2.35. The van der Waals surface area contributed by atoms with E-state index in [0.29, 0.717) is 15.7 Å². The highest BCUT2D eigenvalue weighted by molar-refractivity contribution is 7.92. The van der Waals surface area contributed by atoms with E-state index in [-0.39, 0.29) is 0 Å². The summed E-state index contributed by atoms with van der Waals surface area (Å²) in [5.74, 6) is -0.243. The molecule has 0 spiro atoms. The zero-order chi connectivity index (χ0) is 20.9. The first-order chi connectivity index (χ1) is 13.7. The summed E-state index contributed by atoms with van der Waals surface area (Å²) in [6.07, 6.45) is 1.04. The maximum absolute atomic E-state index is 12.7. The summed E-state index contributed by atoms with van der Waals surface area (Å²) in [6, 6.07) is 13.4. The van der Waals surface area contributed by atoms with Gasteiger partial charge in [0, 0.05) is 34.0 Å². The molecule has 1 aromatic carbocycles. The van der Waals surface area contributed by atoms with Crippen LogP contribution in [0.5, 0.6) is 0 Å². The molecule has 29 heavy (non-hydrogen) atoms. The third-order valence-electron chi connectivity index (χ3n) is 4.49. The number of thiophene rings is 1. The first kappa shape index (κ1) is 20.2. The Morgan fingerprint density at radius 2 is 1.79 bits per heavy atom. The van der Waals surface area contributed by atoms with Gasteiger partial charge in [-0.05, 0) is 24.6 Å². The average Bonchev–Trinajstić information content (AvgIpc) is 3.30. The molecule has 150 valence electrons. The Bertz CT molecular complexity index is 1330. The van der Waals surface area contributed by atoms with Gasteiger partial charge in [0.2, 0.25) is 15.9 Å². The van der Waals surface area contributed by atoms with E-state index >= 15 is 0 Å². The number of fused-ring (bicyclic) bond motifs is 1. The molecular weight excluding hydrogens is 448 g/mol. The number of thiazole rings is 1. The second kappa shape index (κ2) is 7.28. The molecule has 3 heterocycles. The molecular formula is C20H17ClN2O3S3. The number of nitrogens with zero attached hydrogens (tertiary/aromatic N) is 2. The van der Waals surface area contributed by atoms with Gasteiger partial charge < -0.3 is 0 Å². The molecule has 1 amide bonds. The Kier molecular flexibility index (Phi) is 5.06. The molecule has 0 saturated carbocycles. The minimum absolute atomic E-state index is 0.325. The summed E-state index contributed by atoms with van der Waals surface area (Å²) >= 11 is 9.08. The molecule has 0 fully saturated rings. The van der Waals surface area contributed by atoms with Crippen LogP contribution in [0.4, 0.5) is 5.82 Å². The van der Waals surface area contributed by atoms with Gasteiger partial charge in [0.05, 0.1) is 10.6 Å².